The molecule has 57 valence electrons. The lowest BCUT2D eigenvalue weighted by Crippen LogP contribution is -2.23. The van der Waals surface area contributed by atoms with E-state index in [2.05, 4.69) is 10.6 Å². The van der Waals surface area contributed by atoms with Gasteiger partial charge in [-0.25, -0.2) is 4.79 Å². The van der Waals surface area contributed by atoms with Gasteiger partial charge in [0.05, 0.1) is 5.69 Å². The molecule has 0 aliphatic carbocycles. The fraction of sp³-hybridized carbons (Fsp3) is 0.125. The van der Waals surface area contributed by atoms with Crippen LogP contribution >= 0.6 is 0 Å². The van der Waals surface area contributed by atoms with E-state index in [-0.39, 0.29) is 6.03 Å². The Kier molecular flexibility index (Phi) is 2.49. The third kappa shape index (κ3) is 2.29. The number of hydrogen-bond acceptors (Lipinski definition) is 1. The zero-order valence-corrected chi connectivity index (χ0v) is 6.24. The summed E-state index contributed by atoms with van der Waals surface area (Å²) in [7, 11) is 1.55. The first-order valence-corrected chi connectivity index (χ1v) is 3.31. The summed E-state index contributed by atoms with van der Waals surface area (Å²) in [5.74, 6) is 0. The molecule has 0 spiro atoms. The minimum Gasteiger partial charge on any atom is -0.339 e. The summed E-state index contributed by atoms with van der Waals surface area (Å²) < 4.78 is 0. The van der Waals surface area contributed by atoms with Crippen molar-refractivity contribution in [1.29, 1.82) is 0 Å². The molecule has 0 atom stereocenters. The van der Waals surface area contributed by atoms with Crippen LogP contribution in [0.5, 0.6) is 0 Å². The van der Waals surface area contributed by atoms with Crippen molar-refractivity contribution < 1.29 is 4.79 Å². The number of carbonyl (C=O) groups excluding carboxylic acids is 1. The van der Waals surface area contributed by atoms with Crippen molar-refractivity contribution >= 4 is 11.7 Å². The van der Waals surface area contributed by atoms with Gasteiger partial charge in [0.1, 0.15) is 0 Å². The molecule has 2 amide bonds. The third-order valence-corrected chi connectivity index (χ3v) is 1.20. The van der Waals surface area contributed by atoms with Crippen molar-refractivity contribution in [3.63, 3.8) is 0 Å². The molecule has 0 saturated heterocycles. The number of amides is 2. The quantitative estimate of drug-likeness (QED) is 0.641. The van der Waals surface area contributed by atoms with Crippen molar-refractivity contribution in [2.75, 3.05) is 7.05 Å². The Morgan fingerprint density at radius 1 is 1.36 bits per heavy atom. The van der Waals surface area contributed by atoms with Crippen LogP contribution in [0.15, 0.2) is 30.3 Å². The fourth-order valence-corrected chi connectivity index (χ4v) is 0.676. The molecule has 0 aromatic heterocycles. The second kappa shape index (κ2) is 3.61. The van der Waals surface area contributed by atoms with Gasteiger partial charge in [-0.15, -0.1) is 0 Å². The molecular weight excluding hydrogens is 140 g/mol. The van der Waals surface area contributed by atoms with Gasteiger partial charge in [0.15, 0.2) is 0 Å². The molecule has 1 aromatic carbocycles. The number of nitrogens with zero attached hydrogens (tertiary/aromatic N) is 1. The average Bonchev–Trinajstić information content (AvgIpc) is 2.06. The van der Waals surface area contributed by atoms with Gasteiger partial charge < -0.3 is 5.32 Å². The number of rotatable bonds is 1. The maximum atomic E-state index is 10.7. The molecule has 0 aliphatic rings. The van der Waals surface area contributed by atoms with Crippen LogP contribution in [0, 0.1) is 0 Å². The first kappa shape index (κ1) is 7.60. The molecule has 3 nitrogen and oxygen atoms in total. The van der Waals surface area contributed by atoms with Crippen molar-refractivity contribution in [1.82, 2.24) is 10.6 Å². The summed E-state index contributed by atoms with van der Waals surface area (Å²) in [6.45, 7) is 0. The van der Waals surface area contributed by atoms with Gasteiger partial charge in [0.2, 0.25) is 0 Å². The SMILES string of the molecule is CNC(=O)[N]c1ccccc1. The minimum atomic E-state index is -0.323. The fourth-order valence-electron chi connectivity index (χ4n) is 0.676. The number of carbonyl (C=O) groups is 1. The number of para-hydroxylation sites is 1. The van der Waals surface area contributed by atoms with Crippen LogP contribution in [0.1, 0.15) is 0 Å². The Morgan fingerprint density at radius 3 is 2.55 bits per heavy atom. The highest BCUT2D eigenvalue weighted by atomic mass is 16.2. The van der Waals surface area contributed by atoms with E-state index in [1.54, 1.807) is 19.2 Å². The van der Waals surface area contributed by atoms with E-state index in [1.165, 1.54) is 0 Å². The van der Waals surface area contributed by atoms with Crippen LogP contribution in [-0.2, 0) is 0 Å². The van der Waals surface area contributed by atoms with Gasteiger partial charge in [-0.3, -0.25) is 0 Å². The number of hydrogen-bond donors (Lipinski definition) is 1. The molecule has 0 bridgehead atoms. The summed E-state index contributed by atoms with van der Waals surface area (Å²) >= 11 is 0. The molecule has 0 heterocycles. The number of nitrogens with one attached hydrogen (secondary N) is 1. The molecule has 1 N–H and O–H groups in total. The Bertz CT molecular complexity index is 233. The van der Waals surface area contributed by atoms with Crippen LogP contribution in [0.2, 0.25) is 0 Å². The van der Waals surface area contributed by atoms with Crippen molar-refractivity contribution in [2.24, 2.45) is 0 Å². The molecule has 3 heteroatoms. The molecule has 1 rings (SSSR count). The normalized spacial score (nSPS) is 8.82. The van der Waals surface area contributed by atoms with E-state index in [4.69, 9.17) is 0 Å². The number of benzene rings is 1. The van der Waals surface area contributed by atoms with Gasteiger partial charge in [0, 0.05) is 7.05 Å². The average molecular weight is 149 g/mol. The van der Waals surface area contributed by atoms with E-state index in [0.717, 1.165) is 0 Å². The Labute approximate surface area is 65.4 Å². The third-order valence-electron chi connectivity index (χ3n) is 1.20. The van der Waals surface area contributed by atoms with Crippen molar-refractivity contribution in [3.05, 3.63) is 30.3 Å². The zero-order chi connectivity index (χ0) is 8.10. The van der Waals surface area contributed by atoms with E-state index in [9.17, 15) is 4.79 Å². The molecule has 11 heavy (non-hydrogen) atoms. The Hall–Kier alpha value is -1.51. The van der Waals surface area contributed by atoms with Crippen LogP contribution in [0.25, 0.3) is 0 Å². The smallest absolute Gasteiger partial charge is 0.339 e. The molecule has 1 radical (unpaired) electrons. The highest BCUT2D eigenvalue weighted by Gasteiger charge is 1.97. The molecule has 0 unspecified atom stereocenters. The van der Waals surface area contributed by atoms with Crippen LogP contribution in [0.4, 0.5) is 10.5 Å². The van der Waals surface area contributed by atoms with Gasteiger partial charge in [0.25, 0.3) is 0 Å². The predicted octanol–water partition coefficient (Wildman–Crippen LogP) is 1.26. The summed E-state index contributed by atoms with van der Waals surface area (Å²) in [5, 5.41) is 6.14. The first-order chi connectivity index (χ1) is 5.33. The van der Waals surface area contributed by atoms with Crippen molar-refractivity contribution in [2.45, 2.75) is 0 Å². The molecule has 0 aliphatic heterocycles. The maximum absolute atomic E-state index is 10.7. The van der Waals surface area contributed by atoms with E-state index in [0.29, 0.717) is 5.69 Å². The van der Waals surface area contributed by atoms with Gasteiger partial charge in [-0.2, -0.15) is 5.32 Å². The van der Waals surface area contributed by atoms with Crippen molar-refractivity contribution in [3.8, 4) is 0 Å². The maximum Gasteiger partial charge on any atom is 0.341 e. The molecular formula is C8H9N2O. The Balaban J connectivity index is 2.58. The molecule has 0 saturated carbocycles. The zero-order valence-electron chi connectivity index (χ0n) is 6.24. The second-order valence-corrected chi connectivity index (χ2v) is 2.00. The van der Waals surface area contributed by atoms with Gasteiger partial charge in [-0.1, -0.05) is 18.2 Å². The lowest BCUT2D eigenvalue weighted by molar-refractivity contribution is 0.246. The lowest BCUT2D eigenvalue weighted by atomic mass is 10.3. The topological polar surface area (TPSA) is 43.2 Å². The van der Waals surface area contributed by atoms with E-state index < -0.39 is 0 Å². The molecule has 0 fully saturated rings. The monoisotopic (exact) mass is 149 g/mol. The Morgan fingerprint density at radius 2 is 2.00 bits per heavy atom. The predicted molar refractivity (Wildman–Crippen MR) is 42.7 cm³/mol. The molecule has 1 aromatic rings. The highest BCUT2D eigenvalue weighted by molar-refractivity contribution is 5.78. The minimum absolute atomic E-state index is 0.323. The summed E-state index contributed by atoms with van der Waals surface area (Å²) in [6, 6.07) is 8.77. The highest BCUT2D eigenvalue weighted by Crippen LogP contribution is 2.03. The standard InChI is InChI=1S/C8H9N2O/c1-9-8(11)10-7-5-3-2-4-6-7/h2-6H,1H3,(H,9,11). The second-order valence-electron chi connectivity index (χ2n) is 2.00. The van der Waals surface area contributed by atoms with Crippen LogP contribution in [-0.4, -0.2) is 13.1 Å². The van der Waals surface area contributed by atoms with E-state index in [1.807, 2.05) is 18.2 Å². The van der Waals surface area contributed by atoms with Crippen LogP contribution in [0.3, 0.4) is 0 Å². The van der Waals surface area contributed by atoms with Gasteiger partial charge in [-0.05, 0) is 12.1 Å². The van der Waals surface area contributed by atoms with Gasteiger partial charge >= 0.3 is 6.03 Å². The first-order valence-electron chi connectivity index (χ1n) is 3.31. The number of urea groups is 1. The van der Waals surface area contributed by atoms with E-state index >= 15 is 0 Å². The largest absolute Gasteiger partial charge is 0.341 e. The lowest BCUT2D eigenvalue weighted by Gasteiger charge is -1.98. The summed E-state index contributed by atoms with van der Waals surface area (Å²) in [4.78, 5) is 10.7. The van der Waals surface area contributed by atoms with Crippen LogP contribution < -0.4 is 10.6 Å². The summed E-state index contributed by atoms with van der Waals surface area (Å²) in [6.07, 6.45) is 0. The summed E-state index contributed by atoms with van der Waals surface area (Å²) in [5.41, 5.74) is 0.673.